The number of hydrogen-bond acceptors (Lipinski definition) is 4. The molecule has 0 N–H and O–H groups in total. The molecule has 0 aliphatic carbocycles. The van der Waals surface area contributed by atoms with Gasteiger partial charge in [-0.05, 0) is 17.5 Å². The molecule has 150 valence electrons. The zero-order chi connectivity index (χ0) is 20.0. The number of fused-ring (bicyclic) bond motifs is 2. The van der Waals surface area contributed by atoms with Gasteiger partial charge in [0.05, 0.1) is 12.8 Å². The maximum Gasteiger partial charge on any atom is 0.161 e. The molecule has 2 atom stereocenters. The smallest absolute Gasteiger partial charge is 0.161 e. The average Bonchev–Trinajstić information content (AvgIpc) is 2.90. The van der Waals surface area contributed by atoms with Gasteiger partial charge in [-0.1, -0.05) is 60.7 Å². The molecule has 4 rings (SSSR count). The molecular formula is C22H26ClNO4. The summed E-state index contributed by atoms with van der Waals surface area (Å²) in [4.78, 5) is 0. The minimum atomic E-state index is -4.94. The predicted octanol–water partition coefficient (Wildman–Crippen LogP) is -0.116. The standard InChI is InChI=1S/C22H26N.ClHO4/c1-3-8-18(9-4-1)16-22(17-19-10-5-2-6-11-19)23-20-12-7-13-21(23)15-14-20;2-1(3,4)5/h1-6,8-11,20-21H,7,12-17H2;(H,2,3,4,5)/q+1;/p-1. The van der Waals surface area contributed by atoms with Crippen LogP contribution in [0.3, 0.4) is 0 Å². The van der Waals surface area contributed by atoms with Crippen molar-refractivity contribution in [1.82, 2.24) is 0 Å². The van der Waals surface area contributed by atoms with Crippen LogP contribution in [0.15, 0.2) is 60.7 Å². The zero-order valence-electron chi connectivity index (χ0n) is 15.8. The molecule has 0 radical (unpaired) electrons. The second-order valence-electron chi connectivity index (χ2n) is 7.49. The van der Waals surface area contributed by atoms with Gasteiger partial charge in [-0.25, -0.2) is 23.2 Å². The van der Waals surface area contributed by atoms with Crippen LogP contribution in [0.2, 0.25) is 0 Å². The lowest BCUT2D eigenvalue weighted by molar-refractivity contribution is -2.00. The summed E-state index contributed by atoms with van der Waals surface area (Å²) in [5, 5.41) is 0. The maximum atomic E-state index is 8.49. The molecule has 5 nitrogen and oxygen atoms in total. The highest BCUT2D eigenvalue weighted by Crippen LogP contribution is 2.33. The van der Waals surface area contributed by atoms with E-state index in [1.54, 1.807) is 5.71 Å². The van der Waals surface area contributed by atoms with Crippen molar-refractivity contribution in [3.8, 4) is 0 Å². The number of hydrogen-bond donors (Lipinski definition) is 0. The molecule has 2 unspecified atom stereocenters. The first kappa shape index (κ1) is 21.0. The largest absolute Gasteiger partial charge is 0.231 e. The van der Waals surface area contributed by atoms with Crippen molar-refractivity contribution in [1.29, 1.82) is 0 Å². The van der Waals surface area contributed by atoms with Crippen LogP contribution in [0, 0.1) is 10.2 Å². The normalized spacial score (nSPS) is 21.1. The summed E-state index contributed by atoms with van der Waals surface area (Å²) < 4.78 is 36.8. The molecule has 2 heterocycles. The number of piperidine rings is 1. The molecule has 2 fully saturated rings. The van der Waals surface area contributed by atoms with Gasteiger partial charge in [0.15, 0.2) is 17.8 Å². The van der Waals surface area contributed by atoms with E-state index >= 15 is 0 Å². The van der Waals surface area contributed by atoms with Crippen molar-refractivity contribution < 1.29 is 33.5 Å². The first-order valence-electron chi connectivity index (χ1n) is 9.73. The second-order valence-corrected chi connectivity index (χ2v) is 8.25. The van der Waals surface area contributed by atoms with Crippen molar-refractivity contribution in [3.63, 3.8) is 0 Å². The van der Waals surface area contributed by atoms with Crippen molar-refractivity contribution in [2.24, 2.45) is 0 Å². The molecule has 2 aliphatic rings. The van der Waals surface area contributed by atoms with Crippen molar-refractivity contribution in [2.45, 2.75) is 57.0 Å². The lowest BCUT2D eigenvalue weighted by atomic mass is 9.98. The number of rotatable bonds is 4. The monoisotopic (exact) mass is 403 g/mol. The fourth-order valence-electron chi connectivity index (χ4n) is 4.54. The minimum Gasteiger partial charge on any atom is -0.231 e. The lowest BCUT2D eigenvalue weighted by Crippen LogP contribution is -2.68. The Kier molecular flexibility index (Phi) is 7.21. The molecule has 0 aromatic heterocycles. The Balaban J connectivity index is 0.000000403. The average molecular weight is 404 g/mol. The summed E-state index contributed by atoms with van der Waals surface area (Å²) in [6.45, 7) is 0. The SMILES string of the molecule is [O-][Cl+3]([O-])([O-])[O-].c1ccc(CC(Cc2ccccc2)=[N+]2C3CCCC2CC3)cc1. The molecular weight excluding hydrogens is 378 g/mol. The van der Waals surface area contributed by atoms with E-state index in [9.17, 15) is 0 Å². The van der Waals surface area contributed by atoms with E-state index in [-0.39, 0.29) is 0 Å². The highest BCUT2D eigenvalue weighted by atomic mass is 35.7. The Morgan fingerprint density at radius 3 is 1.50 bits per heavy atom. The van der Waals surface area contributed by atoms with Gasteiger partial charge >= 0.3 is 0 Å². The van der Waals surface area contributed by atoms with E-state index in [1.165, 1.54) is 43.2 Å². The molecule has 0 spiro atoms. The van der Waals surface area contributed by atoms with Crippen LogP contribution in [0.25, 0.3) is 0 Å². The number of benzene rings is 2. The van der Waals surface area contributed by atoms with Gasteiger partial charge in [-0.2, -0.15) is 0 Å². The Labute approximate surface area is 168 Å². The van der Waals surface area contributed by atoms with Crippen LogP contribution in [0.5, 0.6) is 0 Å². The summed E-state index contributed by atoms with van der Waals surface area (Å²) in [5.74, 6) is 0. The van der Waals surface area contributed by atoms with E-state index in [4.69, 9.17) is 18.6 Å². The summed E-state index contributed by atoms with van der Waals surface area (Å²) in [7, 11) is -4.94. The Hall–Kier alpha value is -1.76. The van der Waals surface area contributed by atoms with Crippen LogP contribution in [0.1, 0.15) is 43.2 Å². The lowest BCUT2D eigenvalue weighted by Gasteiger charge is -2.22. The molecule has 2 aromatic carbocycles. The van der Waals surface area contributed by atoms with Crippen molar-refractivity contribution in [3.05, 3.63) is 71.8 Å². The predicted molar refractivity (Wildman–Crippen MR) is 96.2 cm³/mol. The molecule has 2 bridgehead atoms. The van der Waals surface area contributed by atoms with Crippen LogP contribution in [0.4, 0.5) is 0 Å². The van der Waals surface area contributed by atoms with Gasteiger partial charge in [0.2, 0.25) is 0 Å². The van der Waals surface area contributed by atoms with E-state index in [0.717, 1.165) is 24.9 Å². The quantitative estimate of drug-likeness (QED) is 0.665. The van der Waals surface area contributed by atoms with Gasteiger partial charge in [-0.15, -0.1) is 10.2 Å². The molecule has 0 saturated carbocycles. The number of nitrogens with zero attached hydrogens (tertiary/aromatic N) is 1. The van der Waals surface area contributed by atoms with E-state index in [0.29, 0.717) is 0 Å². The fraction of sp³-hybridized carbons (Fsp3) is 0.409. The highest BCUT2D eigenvalue weighted by molar-refractivity contribution is 5.84. The van der Waals surface area contributed by atoms with Gasteiger partial charge in [0.25, 0.3) is 0 Å². The third-order valence-electron chi connectivity index (χ3n) is 5.56. The first-order chi connectivity index (χ1) is 13.4. The Morgan fingerprint density at radius 2 is 1.11 bits per heavy atom. The van der Waals surface area contributed by atoms with Crippen LogP contribution in [-0.2, 0) is 12.8 Å². The molecule has 0 amide bonds. The van der Waals surface area contributed by atoms with Crippen LogP contribution in [-0.4, -0.2) is 22.4 Å². The molecule has 2 aromatic rings. The Bertz CT molecular complexity index is 707. The fourth-order valence-corrected chi connectivity index (χ4v) is 4.54. The van der Waals surface area contributed by atoms with E-state index < -0.39 is 10.2 Å². The van der Waals surface area contributed by atoms with Crippen molar-refractivity contribution in [2.75, 3.05) is 0 Å². The van der Waals surface area contributed by atoms with Gasteiger partial charge in [-0.3, -0.25) is 0 Å². The third kappa shape index (κ3) is 6.40. The first-order valence-corrected chi connectivity index (χ1v) is 11.0. The minimum absolute atomic E-state index is 0.802. The zero-order valence-corrected chi connectivity index (χ0v) is 16.6. The van der Waals surface area contributed by atoms with Crippen molar-refractivity contribution >= 4 is 5.71 Å². The second kappa shape index (κ2) is 9.63. The summed E-state index contributed by atoms with van der Waals surface area (Å²) >= 11 is 0. The molecule has 6 heteroatoms. The van der Waals surface area contributed by atoms with Gasteiger partial charge < -0.3 is 0 Å². The van der Waals surface area contributed by atoms with Crippen LogP contribution >= 0.6 is 0 Å². The third-order valence-corrected chi connectivity index (χ3v) is 5.56. The summed E-state index contributed by atoms with van der Waals surface area (Å²) in [5.41, 5.74) is 4.53. The van der Waals surface area contributed by atoms with E-state index in [2.05, 4.69) is 65.2 Å². The molecule has 2 aliphatic heterocycles. The van der Waals surface area contributed by atoms with E-state index in [1.807, 2.05) is 0 Å². The van der Waals surface area contributed by atoms with Gasteiger partial charge in [0.1, 0.15) is 0 Å². The maximum absolute atomic E-state index is 8.49. The Morgan fingerprint density at radius 1 is 0.714 bits per heavy atom. The molecule has 28 heavy (non-hydrogen) atoms. The van der Waals surface area contributed by atoms with Crippen LogP contribution < -0.4 is 18.6 Å². The summed E-state index contributed by atoms with van der Waals surface area (Å²) in [6, 6.07) is 23.6. The summed E-state index contributed by atoms with van der Waals surface area (Å²) in [6.07, 6.45) is 9.21. The number of halogens is 1. The topological polar surface area (TPSA) is 95.2 Å². The highest BCUT2D eigenvalue weighted by Gasteiger charge is 2.42. The van der Waals surface area contributed by atoms with Gasteiger partial charge in [0, 0.05) is 25.7 Å². The molecule has 2 saturated heterocycles.